The lowest BCUT2D eigenvalue weighted by atomic mass is 9.86. The van der Waals surface area contributed by atoms with Crippen LogP contribution < -0.4 is 9.47 Å². The average molecular weight is 532 g/mol. The number of hydrogen-bond acceptors (Lipinski definition) is 8. The van der Waals surface area contributed by atoms with Gasteiger partial charge in [0.2, 0.25) is 5.89 Å². The van der Waals surface area contributed by atoms with Crippen molar-refractivity contribution in [2.75, 3.05) is 33.4 Å². The zero-order valence-electron chi connectivity index (χ0n) is 21.3. The molecule has 1 saturated heterocycles. The largest absolute Gasteiger partial charge is 0.497 e. The summed E-state index contributed by atoms with van der Waals surface area (Å²) in [6.07, 6.45) is 1.56. The van der Waals surface area contributed by atoms with Crippen LogP contribution >= 0.6 is 12.4 Å². The van der Waals surface area contributed by atoms with Crippen LogP contribution in [0.4, 0.5) is 0 Å². The Balaban J connectivity index is 0.00000190. The molecule has 10 heteroatoms. The summed E-state index contributed by atoms with van der Waals surface area (Å²) in [5.74, 6) is 3.40. The van der Waals surface area contributed by atoms with E-state index >= 15 is 0 Å². The predicted octanol–water partition coefficient (Wildman–Crippen LogP) is 4.32. The summed E-state index contributed by atoms with van der Waals surface area (Å²) in [4.78, 5) is 2.32. The molecule has 5 rings (SSSR count). The Morgan fingerprint density at radius 3 is 2.54 bits per heavy atom. The van der Waals surface area contributed by atoms with Gasteiger partial charge in [0.15, 0.2) is 5.76 Å². The van der Waals surface area contributed by atoms with E-state index in [-0.39, 0.29) is 24.5 Å². The van der Waals surface area contributed by atoms with Crippen LogP contribution in [0.5, 0.6) is 11.5 Å². The lowest BCUT2D eigenvalue weighted by molar-refractivity contribution is 0.0599. The molecule has 2 aromatic carbocycles. The van der Waals surface area contributed by atoms with Gasteiger partial charge in [0.05, 0.1) is 12.5 Å². The minimum Gasteiger partial charge on any atom is -0.497 e. The third-order valence-electron chi connectivity index (χ3n) is 6.66. The number of aliphatic hydroxyl groups excluding tert-OH is 1. The Hall–Kier alpha value is -3.11. The summed E-state index contributed by atoms with van der Waals surface area (Å²) in [6.45, 7) is 6.59. The highest BCUT2D eigenvalue weighted by Crippen LogP contribution is 2.34. The normalized spacial score (nSPS) is 15.1. The van der Waals surface area contributed by atoms with Crippen LogP contribution in [0.25, 0.3) is 22.6 Å². The van der Waals surface area contributed by atoms with Crippen LogP contribution in [-0.4, -0.2) is 65.1 Å². The topological polar surface area (TPSA) is 125 Å². The molecule has 3 N–H and O–H groups in total. The van der Waals surface area contributed by atoms with Crippen molar-refractivity contribution in [2.45, 2.75) is 38.7 Å². The number of halogens is 1. The first-order valence-electron chi connectivity index (χ1n) is 12.0. The maximum atomic E-state index is 10.7. The van der Waals surface area contributed by atoms with Gasteiger partial charge >= 0.3 is 0 Å². The molecule has 0 aliphatic carbocycles. The van der Waals surface area contributed by atoms with Crippen LogP contribution in [0.3, 0.4) is 0 Å². The molecule has 37 heavy (non-hydrogen) atoms. The van der Waals surface area contributed by atoms with E-state index in [1.165, 1.54) is 11.1 Å². The quantitative estimate of drug-likeness (QED) is 0.356. The molecule has 0 radical (unpaired) electrons. The molecule has 0 spiro atoms. The molecule has 3 heterocycles. The van der Waals surface area contributed by atoms with E-state index in [1.807, 2.05) is 30.3 Å². The molecule has 0 unspecified atom stereocenters. The number of nitrogens with zero attached hydrogens (tertiary/aromatic N) is 3. The van der Waals surface area contributed by atoms with E-state index in [9.17, 15) is 5.11 Å². The number of piperidine rings is 1. The summed E-state index contributed by atoms with van der Waals surface area (Å²) in [6, 6.07) is 13.8. The van der Waals surface area contributed by atoms with Crippen molar-refractivity contribution in [2.24, 2.45) is 0 Å². The number of β-amino-alcohol motifs (C(OH)–C–C–N with tert-alkyl or cyclic N) is 1. The number of likely N-dealkylation sites (tertiary alicyclic amines) is 1. The molecule has 200 valence electrons. The minimum atomic E-state index is -0.588. The number of furan rings is 1. The highest BCUT2D eigenvalue weighted by molar-refractivity contribution is 5.87. The van der Waals surface area contributed by atoms with E-state index in [2.05, 4.69) is 34.2 Å². The van der Waals surface area contributed by atoms with Gasteiger partial charge in [-0.15, -0.1) is 22.6 Å². The van der Waals surface area contributed by atoms with Gasteiger partial charge in [0.1, 0.15) is 29.8 Å². The number of ether oxygens (including phenoxy) is 2. The number of hydrogen-bond donors (Lipinski definition) is 1. The second-order valence-corrected chi connectivity index (χ2v) is 9.17. The zero-order chi connectivity index (χ0) is 24.4. The fraction of sp³-hybridized carbons (Fsp3) is 0.407. The first-order chi connectivity index (χ1) is 17.0. The third kappa shape index (κ3) is 6.42. The summed E-state index contributed by atoms with van der Waals surface area (Å²) in [5, 5.41) is 19.3. The first kappa shape index (κ1) is 28.5. The van der Waals surface area contributed by atoms with Crippen LogP contribution in [0.2, 0.25) is 0 Å². The number of fused-ring (bicyclic) bond motifs is 1. The molecular weight excluding hydrogens is 498 g/mol. The molecule has 0 bridgehead atoms. The monoisotopic (exact) mass is 531 g/mol. The predicted molar refractivity (Wildman–Crippen MR) is 143 cm³/mol. The smallest absolute Gasteiger partial charge is 0.283 e. The first-order valence-corrected chi connectivity index (χ1v) is 12.0. The van der Waals surface area contributed by atoms with Crippen molar-refractivity contribution < 1.29 is 28.9 Å². The van der Waals surface area contributed by atoms with Gasteiger partial charge in [-0.1, -0.05) is 12.1 Å². The van der Waals surface area contributed by atoms with Crippen molar-refractivity contribution in [3.8, 4) is 23.1 Å². The molecule has 1 atom stereocenters. The number of aryl methyl sites for hydroxylation is 2. The Labute approximate surface area is 222 Å². The molecule has 0 saturated carbocycles. The summed E-state index contributed by atoms with van der Waals surface area (Å²) in [5.41, 5.74) is 3.35. The van der Waals surface area contributed by atoms with Gasteiger partial charge in [-0.25, -0.2) is 0 Å². The van der Waals surface area contributed by atoms with Crippen molar-refractivity contribution in [3.63, 3.8) is 0 Å². The SMILES string of the molecule is COc1ccc(C2CCN(C[C@H](O)COc3cccc4oc(-c5nnc(C)o5)cc34)CC2)c(C)c1.Cl.O. The molecule has 0 amide bonds. The minimum absolute atomic E-state index is 0. The summed E-state index contributed by atoms with van der Waals surface area (Å²) < 4.78 is 22.6. The van der Waals surface area contributed by atoms with Crippen LogP contribution in [0.15, 0.2) is 51.3 Å². The second kappa shape index (κ2) is 12.4. The molecule has 4 aromatic rings. The average Bonchev–Trinajstić information content (AvgIpc) is 3.49. The van der Waals surface area contributed by atoms with E-state index < -0.39 is 6.10 Å². The molecule has 1 fully saturated rings. The fourth-order valence-electron chi connectivity index (χ4n) is 4.86. The summed E-state index contributed by atoms with van der Waals surface area (Å²) in [7, 11) is 1.70. The van der Waals surface area contributed by atoms with Gasteiger partial charge in [-0.2, -0.15) is 0 Å². The van der Waals surface area contributed by atoms with Gasteiger partial charge < -0.3 is 33.8 Å². The summed E-state index contributed by atoms with van der Waals surface area (Å²) >= 11 is 0. The number of rotatable bonds is 8. The maximum Gasteiger partial charge on any atom is 0.283 e. The molecule has 2 aromatic heterocycles. The van der Waals surface area contributed by atoms with Gasteiger partial charge in [-0.05, 0) is 74.2 Å². The Kier molecular flexibility index (Phi) is 9.56. The molecule has 1 aliphatic rings. The van der Waals surface area contributed by atoms with Crippen LogP contribution in [0, 0.1) is 13.8 Å². The molecule has 1 aliphatic heterocycles. The zero-order valence-corrected chi connectivity index (χ0v) is 22.1. The lowest BCUT2D eigenvalue weighted by Crippen LogP contribution is -2.40. The van der Waals surface area contributed by atoms with Gasteiger partial charge in [-0.3, -0.25) is 0 Å². The van der Waals surface area contributed by atoms with E-state index in [4.69, 9.17) is 18.3 Å². The molecular formula is C27H34ClN3O6. The van der Waals surface area contributed by atoms with Crippen molar-refractivity contribution >= 4 is 23.4 Å². The van der Waals surface area contributed by atoms with E-state index in [0.717, 1.165) is 37.1 Å². The van der Waals surface area contributed by atoms with Gasteiger partial charge in [0, 0.05) is 19.5 Å². The van der Waals surface area contributed by atoms with Crippen LogP contribution in [0.1, 0.15) is 35.8 Å². The third-order valence-corrected chi connectivity index (χ3v) is 6.66. The maximum absolute atomic E-state index is 10.7. The van der Waals surface area contributed by atoms with Crippen molar-refractivity contribution in [3.05, 3.63) is 59.5 Å². The number of benzene rings is 2. The van der Waals surface area contributed by atoms with Crippen molar-refractivity contribution in [1.82, 2.24) is 15.1 Å². The number of aromatic nitrogens is 2. The second-order valence-electron chi connectivity index (χ2n) is 9.17. The highest BCUT2D eigenvalue weighted by Gasteiger charge is 2.24. The Morgan fingerprint density at radius 1 is 1.08 bits per heavy atom. The number of aliphatic hydroxyl groups is 1. The van der Waals surface area contributed by atoms with Crippen LogP contribution in [-0.2, 0) is 0 Å². The standard InChI is InChI=1S/C27H31N3O5.ClH.H2O/c1-17-13-21(32-3)7-8-22(17)19-9-11-30(12-10-19)15-20(31)16-33-24-5-4-6-25-23(24)14-26(35-25)27-29-28-18(2)34-27;;/h4-8,13-14,19-20,31H,9-12,15-16H2,1-3H3;1H;1H2/t20-;;/m0../s1. The lowest BCUT2D eigenvalue weighted by Gasteiger charge is -2.34. The number of methoxy groups -OCH3 is 1. The van der Waals surface area contributed by atoms with E-state index in [0.29, 0.717) is 41.3 Å². The fourth-order valence-corrected chi connectivity index (χ4v) is 4.86. The Morgan fingerprint density at radius 2 is 1.86 bits per heavy atom. The Bertz CT molecular complexity index is 1300. The van der Waals surface area contributed by atoms with Crippen molar-refractivity contribution in [1.29, 1.82) is 0 Å². The van der Waals surface area contributed by atoms with Gasteiger partial charge in [0.25, 0.3) is 5.89 Å². The molecule has 9 nitrogen and oxygen atoms in total. The van der Waals surface area contributed by atoms with E-state index in [1.54, 1.807) is 14.0 Å². The highest BCUT2D eigenvalue weighted by atomic mass is 35.5.